The topological polar surface area (TPSA) is 63.2 Å². The zero-order valence-corrected chi connectivity index (χ0v) is 13.1. The van der Waals surface area contributed by atoms with Gasteiger partial charge in [-0.25, -0.2) is 4.98 Å². The molecular formula is C13H17N3O2S2. The lowest BCUT2D eigenvalue weighted by Gasteiger charge is -2.06. The third-order valence-corrected chi connectivity index (χ3v) is 4.60. The number of hydrogen-bond donors (Lipinski definition) is 2. The smallest absolute Gasteiger partial charge is 0.238 e. The van der Waals surface area contributed by atoms with Crippen molar-refractivity contribution in [3.63, 3.8) is 0 Å². The SMILES string of the molecule is COCCNCC(=O)Nc1ccc2nc(SC)sc2c1. The maximum Gasteiger partial charge on any atom is 0.238 e. The molecule has 0 atom stereocenters. The number of fused-ring (bicyclic) bond motifs is 1. The number of hydrogen-bond acceptors (Lipinski definition) is 6. The van der Waals surface area contributed by atoms with Gasteiger partial charge in [0.25, 0.3) is 0 Å². The van der Waals surface area contributed by atoms with Crippen molar-refractivity contribution in [2.45, 2.75) is 4.34 Å². The highest BCUT2D eigenvalue weighted by Crippen LogP contribution is 2.29. The molecule has 0 aliphatic heterocycles. The number of amides is 1. The molecule has 0 aliphatic rings. The first kappa shape index (κ1) is 15.2. The highest BCUT2D eigenvalue weighted by Gasteiger charge is 2.06. The predicted octanol–water partition coefficient (Wildman–Crippen LogP) is 2.19. The minimum Gasteiger partial charge on any atom is -0.383 e. The Hall–Kier alpha value is -1.15. The second-order valence-corrected chi connectivity index (χ2v) is 6.17. The fourth-order valence-corrected chi connectivity index (χ4v) is 3.18. The van der Waals surface area contributed by atoms with Crippen LogP contribution in [0, 0.1) is 0 Å². The minimum atomic E-state index is -0.0601. The van der Waals surface area contributed by atoms with Crippen molar-refractivity contribution in [2.75, 3.05) is 38.4 Å². The lowest BCUT2D eigenvalue weighted by Crippen LogP contribution is -2.30. The minimum absolute atomic E-state index is 0.0601. The number of ether oxygens (including phenoxy) is 1. The monoisotopic (exact) mass is 311 g/mol. The van der Waals surface area contributed by atoms with Crippen LogP contribution in [0.3, 0.4) is 0 Å². The molecule has 1 aromatic carbocycles. The molecule has 2 rings (SSSR count). The number of anilines is 1. The van der Waals surface area contributed by atoms with Gasteiger partial charge in [-0.15, -0.1) is 11.3 Å². The zero-order chi connectivity index (χ0) is 14.4. The Morgan fingerprint density at radius 3 is 3.10 bits per heavy atom. The molecular weight excluding hydrogens is 294 g/mol. The predicted molar refractivity (Wildman–Crippen MR) is 84.8 cm³/mol. The number of methoxy groups -OCH3 is 1. The summed E-state index contributed by atoms with van der Waals surface area (Å²) in [6, 6.07) is 5.76. The van der Waals surface area contributed by atoms with Crippen LogP contribution in [0.25, 0.3) is 10.2 Å². The molecule has 5 nitrogen and oxygen atoms in total. The van der Waals surface area contributed by atoms with Crippen molar-refractivity contribution >= 4 is 44.9 Å². The molecule has 1 amide bonds. The maximum atomic E-state index is 11.7. The number of nitrogens with one attached hydrogen (secondary N) is 2. The van der Waals surface area contributed by atoms with E-state index in [0.29, 0.717) is 13.2 Å². The summed E-state index contributed by atoms with van der Waals surface area (Å²) in [7, 11) is 1.63. The van der Waals surface area contributed by atoms with Gasteiger partial charge in [0.2, 0.25) is 5.91 Å². The third-order valence-electron chi connectivity index (χ3n) is 2.60. The molecule has 1 aromatic heterocycles. The van der Waals surface area contributed by atoms with Crippen LogP contribution in [0.4, 0.5) is 5.69 Å². The fourth-order valence-electron chi connectivity index (χ4n) is 1.65. The van der Waals surface area contributed by atoms with Crippen LogP contribution in [0.2, 0.25) is 0 Å². The van der Waals surface area contributed by atoms with Gasteiger partial charge in [-0.3, -0.25) is 4.79 Å². The van der Waals surface area contributed by atoms with E-state index in [0.717, 1.165) is 20.2 Å². The summed E-state index contributed by atoms with van der Waals surface area (Å²) < 4.78 is 7.02. The average molecular weight is 311 g/mol. The van der Waals surface area contributed by atoms with Crippen molar-refractivity contribution in [3.05, 3.63) is 18.2 Å². The molecule has 108 valence electrons. The van der Waals surface area contributed by atoms with Gasteiger partial charge in [0, 0.05) is 19.3 Å². The Morgan fingerprint density at radius 1 is 1.50 bits per heavy atom. The molecule has 0 aliphatic carbocycles. The number of rotatable bonds is 7. The van der Waals surface area contributed by atoms with E-state index in [4.69, 9.17) is 4.74 Å². The summed E-state index contributed by atoms with van der Waals surface area (Å²) in [5.74, 6) is -0.0601. The number of benzene rings is 1. The maximum absolute atomic E-state index is 11.7. The molecule has 0 bridgehead atoms. The van der Waals surface area contributed by atoms with Crippen molar-refractivity contribution in [3.8, 4) is 0 Å². The average Bonchev–Trinajstić information content (AvgIpc) is 2.86. The van der Waals surface area contributed by atoms with Crippen LogP contribution in [0.1, 0.15) is 0 Å². The van der Waals surface area contributed by atoms with Gasteiger partial charge in [0.05, 0.1) is 23.4 Å². The Balaban J connectivity index is 1.93. The van der Waals surface area contributed by atoms with E-state index in [2.05, 4.69) is 15.6 Å². The van der Waals surface area contributed by atoms with Crippen molar-refractivity contribution in [1.29, 1.82) is 0 Å². The highest BCUT2D eigenvalue weighted by atomic mass is 32.2. The lowest BCUT2D eigenvalue weighted by atomic mass is 10.3. The van der Waals surface area contributed by atoms with Crippen LogP contribution < -0.4 is 10.6 Å². The van der Waals surface area contributed by atoms with Gasteiger partial charge in [-0.1, -0.05) is 11.8 Å². The number of thiazole rings is 1. The number of aromatic nitrogens is 1. The summed E-state index contributed by atoms with van der Waals surface area (Å²) >= 11 is 3.26. The molecule has 20 heavy (non-hydrogen) atoms. The first-order valence-electron chi connectivity index (χ1n) is 6.17. The summed E-state index contributed by atoms with van der Waals surface area (Å²) in [4.78, 5) is 16.2. The molecule has 2 aromatic rings. The van der Waals surface area contributed by atoms with E-state index in [1.807, 2.05) is 24.5 Å². The van der Waals surface area contributed by atoms with E-state index in [1.54, 1.807) is 30.2 Å². The molecule has 0 saturated heterocycles. The van der Waals surface area contributed by atoms with Gasteiger partial charge in [0.1, 0.15) is 0 Å². The zero-order valence-electron chi connectivity index (χ0n) is 11.4. The summed E-state index contributed by atoms with van der Waals surface area (Å²) in [6.07, 6.45) is 2.01. The first-order chi connectivity index (χ1) is 9.72. The van der Waals surface area contributed by atoms with Gasteiger partial charge in [-0.2, -0.15) is 0 Å². The van der Waals surface area contributed by atoms with Gasteiger partial charge in [0.15, 0.2) is 4.34 Å². The van der Waals surface area contributed by atoms with E-state index in [9.17, 15) is 4.79 Å². The fraction of sp³-hybridized carbons (Fsp3) is 0.385. The first-order valence-corrected chi connectivity index (χ1v) is 8.21. The summed E-state index contributed by atoms with van der Waals surface area (Å²) in [5.41, 5.74) is 1.77. The van der Waals surface area contributed by atoms with E-state index in [1.165, 1.54) is 0 Å². The Labute approximate surface area is 126 Å². The largest absolute Gasteiger partial charge is 0.383 e. The number of carbonyl (C=O) groups is 1. The Morgan fingerprint density at radius 2 is 2.35 bits per heavy atom. The second kappa shape index (κ2) is 7.58. The van der Waals surface area contributed by atoms with Crippen LogP contribution in [0.15, 0.2) is 22.5 Å². The van der Waals surface area contributed by atoms with Crippen molar-refractivity contribution < 1.29 is 9.53 Å². The van der Waals surface area contributed by atoms with Crippen LogP contribution in [0.5, 0.6) is 0 Å². The van der Waals surface area contributed by atoms with Crippen molar-refractivity contribution in [1.82, 2.24) is 10.3 Å². The van der Waals surface area contributed by atoms with Gasteiger partial charge >= 0.3 is 0 Å². The Bertz CT molecular complexity index is 586. The normalized spacial score (nSPS) is 10.9. The van der Waals surface area contributed by atoms with Crippen LogP contribution in [-0.2, 0) is 9.53 Å². The van der Waals surface area contributed by atoms with Crippen molar-refractivity contribution in [2.24, 2.45) is 0 Å². The molecule has 7 heteroatoms. The Kier molecular flexibility index (Phi) is 5.78. The number of carbonyl (C=O) groups excluding carboxylic acids is 1. The molecule has 0 saturated carbocycles. The number of nitrogens with zero attached hydrogens (tertiary/aromatic N) is 1. The molecule has 0 fully saturated rings. The summed E-state index contributed by atoms with van der Waals surface area (Å²) in [5, 5.41) is 5.87. The quantitative estimate of drug-likeness (QED) is 0.606. The van der Waals surface area contributed by atoms with Crippen LogP contribution in [-0.4, -0.2) is 44.0 Å². The molecule has 0 unspecified atom stereocenters. The van der Waals surface area contributed by atoms with Gasteiger partial charge in [-0.05, 0) is 24.5 Å². The molecule has 0 spiro atoms. The highest BCUT2D eigenvalue weighted by molar-refractivity contribution is 8.00. The third kappa shape index (κ3) is 4.17. The standard InChI is InChI=1S/C13H17N3O2S2/c1-18-6-5-14-8-12(17)15-9-3-4-10-11(7-9)20-13(16-10)19-2/h3-4,7,14H,5-6,8H2,1-2H3,(H,15,17). The van der Waals surface area contributed by atoms with E-state index >= 15 is 0 Å². The van der Waals surface area contributed by atoms with Gasteiger partial charge < -0.3 is 15.4 Å². The van der Waals surface area contributed by atoms with E-state index in [-0.39, 0.29) is 12.5 Å². The lowest BCUT2D eigenvalue weighted by molar-refractivity contribution is -0.115. The second-order valence-electron chi connectivity index (χ2n) is 4.08. The molecule has 0 radical (unpaired) electrons. The van der Waals surface area contributed by atoms with Crippen LogP contribution >= 0.6 is 23.1 Å². The number of thioether (sulfide) groups is 1. The van der Waals surface area contributed by atoms with E-state index < -0.39 is 0 Å². The summed E-state index contributed by atoms with van der Waals surface area (Å²) in [6.45, 7) is 1.53. The molecule has 2 N–H and O–H groups in total. The molecule has 1 heterocycles.